The van der Waals surface area contributed by atoms with Crippen molar-refractivity contribution in [2.75, 3.05) is 6.61 Å². The topological polar surface area (TPSA) is 87.5 Å². The van der Waals surface area contributed by atoms with Crippen LogP contribution in [-0.4, -0.2) is 34.7 Å². The molecule has 1 fully saturated rings. The smallest absolute Gasteiger partial charge is 0.329 e. The molecule has 1 aliphatic heterocycles. The Morgan fingerprint density at radius 1 is 1.39 bits per heavy atom. The van der Waals surface area contributed by atoms with Crippen molar-refractivity contribution in [3.8, 4) is 6.07 Å². The molecular weight excluding hydrogens is 316 g/mol. The quantitative estimate of drug-likeness (QED) is 0.623. The first-order chi connectivity index (χ1) is 11.0. The highest BCUT2D eigenvalue weighted by atomic mass is 32.2. The Kier molecular flexibility index (Phi) is 5.19. The molecule has 0 bridgehead atoms. The number of ether oxygens (including phenoxy) is 1. The number of imide groups is 1. The fourth-order valence-electron chi connectivity index (χ4n) is 1.99. The summed E-state index contributed by atoms with van der Waals surface area (Å²) in [6.45, 7) is 3.29. The Bertz CT molecular complexity index is 719. The molecule has 2 amide bonds. The zero-order valence-corrected chi connectivity index (χ0v) is 13.4. The van der Waals surface area contributed by atoms with Crippen LogP contribution in [0, 0.1) is 11.3 Å². The zero-order valence-electron chi connectivity index (χ0n) is 12.6. The molecule has 118 valence electrons. The van der Waals surface area contributed by atoms with Crippen LogP contribution in [0.4, 0.5) is 4.79 Å². The Hall–Kier alpha value is -2.59. The number of hydrogen-bond donors (Lipinski definition) is 0. The number of rotatable bonds is 4. The maximum Gasteiger partial charge on any atom is 0.329 e. The van der Waals surface area contributed by atoms with Gasteiger partial charge in [0, 0.05) is 0 Å². The Morgan fingerprint density at radius 2 is 2.04 bits per heavy atom. The molecule has 1 aromatic carbocycles. The van der Waals surface area contributed by atoms with Crippen LogP contribution in [0.3, 0.4) is 0 Å². The van der Waals surface area contributed by atoms with E-state index in [0.717, 1.165) is 16.7 Å². The van der Waals surface area contributed by atoms with Crippen molar-refractivity contribution in [3.05, 3.63) is 40.3 Å². The predicted molar refractivity (Wildman–Crippen MR) is 85.1 cm³/mol. The number of hydrogen-bond acceptors (Lipinski definition) is 6. The minimum absolute atomic E-state index is 0.181. The zero-order chi connectivity index (χ0) is 17.0. The first-order valence-electron chi connectivity index (χ1n) is 6.91. The Morgan fingerprint density at radius 3 is 2.61 bits per heavy atom. The minimum Gasteiger partial charge on any atom is -0.464 e. The van der Waals surface area contributed by atoms with Crippen LogP contribution in [-0.2, 0) is 14.3 Å². The normalized spacial score (nSPS) is 17.3. The molecule has 0 saturated carbocycles. The Labute approximate surface area is 137 Å². The van der Waals surface area contributed by atoms with E-state index in [1.54, 1.807) is 37.3 Å². The molecule has 0 aromatic heterocycles. The van der Waals surface area contributed by atoms with Gasteiger partial charge in [0.25, 0.3) is 11.1 Å². The van der Waals surface area contributed by atoms with Gasteiger partial charge in [-0.1, -0.05) is 12.1 Å². The number of carbonyl (C=O) groups excluding carboxylic acids is 3. The van der Waals surface area contributed by atoms with E-state index in [4.69, 9.17) is 10.00 Å². The standard InChI is InChI=1S/C16H14N2O4S/c1-3-22-15(20)10(2)18-14(19)13(23-16(18)21)8-11-4-6-12(9-17)7-5-11/h4-8,10H,3H2,1-2H3/b13-8+. The van der Waals surface area contributed by atoms with Gasteiger partial charge in [-0.2, -0.15) is 5.26 Å². The van der Waals surface area contributed by atoms with Gasteiger partial charge in [-0.3, -0.25) is 14.5 Å². The lowest BCUT2D eigenvalue weighted by Gasteiger charge is -2.19. The fourth-order valence-corrected chi connectivity index (χ4v) is 2.90. The van der Waals surface area contributed by atoms with Crippen molar-refractivity contribution < 1.29 is 19.1 Å². The highest BCUT2D eigenvalue weighted by Gasteiger charge is 2.41. The van der Waals surface area contributed by atoms with Crippen molar-refractivity contribution in [1.29, 1.82) is 5.26 Å². The molecule has 6 nitrogen and oxygen atoms in total. The van der Waals surface area contributed by atoms with Crippen LogP contribution in [0.5, 0.6) is 0 Å². The molecule has 0 aliphatic carbocycles. The van der Waals surface area contributed by atoms with E-state index >= 15 is 0 Å². The highest BCUT2D eigenvalue weighted by Crippen LogP contribution is 2.33. The van der Waals surface area contributed by atoms with Crippen LogP contribution in [0.25, 0.3) is 6.08 Å². The molecule has 2 rings (SSSR count). The second kappa shape index (κ2) is 7.11. The molecule has 1 aliphatic rings. The van der Waals surface area contributed by atoms with E-state index in [0.29, 0.717) is 11.1 Å². The van der Waals surface area contributed by atoms with Crippen LogP contribution in [0.2, 0.25) is 0 Å². The van der Waals surface area contributed by atoms with Gasteiger partial charge in [0.2, 0.25) is 0 Å². The summed E-state index contributed by atoms with van der Waals surface area (Å²) in [7, 11) is 0. The SMILES string of the molecule is CCOC(=O)C(C)N1C(=O)S/C(=C/c2ccc(C#N)cc2)C1=O. The number of benzene rings is 1. The van der Waals surface area contributed by atoms with Crippen LogP contribution in [0.15, 0.2) is 29.2 Å². The molecular formula is C16H14N2O4S. The van der Waals surface area contributed by atoms with Gasteiger partial charge in [0.15, 0.2) is 0 Å². The van der Waals surface area contributed by atoms with E-state index in [9.17, 15) is 14.4 Å². The lowest BCUT2D eigenvalue weighted by molar-refractivity contribution is -0.150. The third-order valence-corrected chi connectivity index (χ3v) is 4.06. The van der Waals surface area contributed by atoms with Crippen LogP contribution >= 0.6 is 11.8 Å². The predicted octanol–water partition coefficient (Wildman–Crippen LogP) is 2.55. The van der Waals surface area contributed by atoms with Gasteiger partial charge >= 0.3 is 5.97 Å². The second-order valence-corrected chi connectivity index (χ2v) is 5.71. The first-order valence-corrected chi connectivity index (χ1v) is 7.73. The molecule has 1 aromatic rings. The summed E-state index contributed by atoms with van der Waals surface area (Å²) in [4.78, 5) is 37.2. The molecule has 1 unspecified atom stereocenters. The summed E-state index contributed by atoms with van der Waals surface area (Å²) in [6.07, 6.45) is 1.56. The second-order valence-electron chi connectivity index (χ2n) is 4.71. The molecule has 0 radical (unpaired) electrons. The fraction of sp³-hybridized carbons (Fsp3) is 0.250. The maximum absolute atomic E-state index is 12.3. The van der Waals surface area contributed by atoms with Crippen LogP contribution < -0.4 is 0 Å². The average molecular weight is 330 g/mol. The number of amides is 2. The summed E-state index contributed by atoms with van der Waals surface area (Å²) in [5, 5.41) is 8.26. The molecule has 7 heteroatoms. The number of thioether (sulfide) groups is 1. The average Bonchev–Trinajstić information content (AvgIpc) is 2.81. The van der Waals surface area contributed by atoms with E-state index < -0.39 is 23.2 Å². The highest BCUT2D eigenvalue weighted by molar-refractivity contribution is 8.18. The van der Waals surface area contributed by atoms with Gasteiger partial charge in [0.1, 0.15) is 6.04 Å². The van der Waals surface area contributed by atoms with Gasteiger partial charge in [-0.05, 0) is 49.4 Å². The molecule has 0 spiro atoms. The van der Waals surface area contributed by atoms with E-state index in [1.165, 1.54) is 6.92 Å². The van der Waals surface area contributed by atoms with Crippen molar-refractivity contribution in [3.63, 3.8) is 0 Å². The van der Waals surface area contributed by atoms with Gasteiger partial charge in [-0.15, -0.1) is 0 Å². The summed E-state index contributed by atoms with van der Waals surface area (Å²) >= 11 is 0.776. The van der Waals surface area contributed by atoms with Crippen molar-refractivity contribution in [2.45, 2.75) is 19.9 Å². The third kappa shape index (κ3) is 3.60. The van der Waals surface area contributed by atoms with E-state index in [-0.39, 0.29) is 11.5 Å². The monoisotopic (exact) mass is 330 g/mol. The maximum atomic E-state index is 12.3. The molecule has 1 saturated heterocycles. The van der Waals surface area contributed by atoms with Gasteiger partial charge in [0.05, 0.1) is 23.1 Å². The molecule has 23 heavy (non-hydrogen) atoms. The summed E-state index contributed by atoms with van der Waals surface area (Å²) < 4.78 is 4.85. The summed E-state index contributed by atoms with van der Waals surface area (Å²) in [5.74, 6) is -1.14. The number of nitriles is 1. The Balaban J connectivity index is 2.21. The summed E-state index contributed by atoms with van der Waals surface area (Å²) in [6, 6.07) is 7.65. The number of carbonyl (C=O) groups is 3. The van der Waals surface area contributed by atoms with E-state index in [1.807, 2.05) is 6.07 Å². The van der Waals surface area contributed by atoms with Crippen molar-refractivity contribution in [1.82, 2.24) is 4.90 Å². The third-order valence-electron chi connectivity index (χ3n) is 3.18. The first kappa shape index (κ1) is 16.8. The van der Waals surface area contributed by atoms with E-state index in [2.05, 4.69) is 0 Å². The molecule has 1 atom stereocenters. The van der Waals surface area contributed by atoms with Crippen LogP contribution in [0.1, 0.15) is 25.0 Å². The lowest BCUT2D eigenvalue weighted by atomic mass is 10.1. The van der Waals surface area contributed by atoms with Gasteiger partial charge < -0.3 is 4.74 Å². The number of nitrogens with zero attached hydrogens (tertiary/aromatic N) is 2. The largest absolute Gasteiger partial charge is 0.464 e. The number of esters is 1. The molecule has 0 N–H and O–H groups in total. The summed E-state index contributed by atoms with van der Waals surface area (Å²) in [5.41, 5.74) is 1.20. The lowest BCUT2D eigenvalue weighted by Crippen LogP contribution is -2.42. The van der Waals surface area contributed by atoms with Crippen molar-refractivity contribution >= 4 is 35.0 Å². The minimum atomic E-state index is -0.964. The van der Waals surface area contributed by atoms with Crippen molar-refractivity contribution in [2.24, 2.45) is 0 Å². The molecule has 1 heterocycles. The van der Waals surface area contributed by atoms with Gasteiger partial charge in [-0.25, -0.2) is 4.79 Å².